The lowest BCUT2D eigenvalue weighted by Gasteiger charge is -2.27. The molecule has 2 rings (SSSR count). The first-order valence-corrected chi connectivity index (χ1v) is 5.59. The average Bonchev–Trinajstić information content (AvgIpc) is 2.31. The van der Waals surface area contributed by atoms with E-state index in [1.165, 1.54) is 5.56 Å². The number of Topliss-reactive ketones (excluding diaryl/α,β-unsaturated/α-hetero) is 1. The highest BCUT2D eigenvalue weighted by Gasteiger charge is 2.29. The molecule has 0 saturated heterocycles. The largest absolute Gasteiger partial charge is 0.497 e. The molecule has 84 valence electrons. The molecule has 0 radical (unpaired) electrons. The van der Waals surface area contributed by atoms with Crippen LogP contribution in [0.5, 0.6) is 0 Å². The van der Waals surface area contributed by atoms with Crippen LogP contribution < -0.4 is 0 Å². The van der Waals surface area contributed by atoms with Crippen molar-refractivity contribution < 1.29 is 9.53 Å². The molecule has 1 aromatic rings. The Labute approximate surface area is 95.9 Å². The van der Waals surface area contributed by atoms with Gasteiger partial charge in [0.25, 0.3) is 0 Å². The van der Waals surface area contributed by atoms with Gasteiger partial charge in [-0.15, -0.1) is 0 Å². The van der Waals surface area contributed by atoms with Gasteiger partial charge in [-0.2, -0.15) is 0 Å². The van der Waals surface area contributed by atoms with Crippen molar-refractivity contribution in [1.29, 1.82) is 0 Å². The van der Waals surface area contributed by atoms with Gasteiger partial charge in [-0.25, -0.2) is 0 Å². The normalized spacial score (nSPS) is 24.9. The molecule has 2 atom stereocenters. The van der Waals surface area contributed by atoms with E-state index in [0.717, 1.165) is 12.0 Å². The van der Waals surface area contributed by atoms with Crippen molar-refractivity contribution in [2.24, 2.45) is 5.92 Å². The smallest absolute Gasteiger partial charge is 0.168 e. The number of carbonyl (C=O) groups excluding carboxylic acids is 1. The van der Waals surface area contributed by atoms with Gasteiger partial charge in [0, 0.05) is 12.0 Å². The molecule has 1 aliphatic heterocycles. The van der Waals surface area contributed by atoms with Gasteiger partial charge in [0.15, 0.2) is 5.78 Å². The van der Waals surface area contributed by atoms with E-state index in [-0.39, 0.29) is 17.8 Å². The second kappa shape index (κ2) is 4.52. The summed E-state index contributed by atoms with van der Waals surface area (Å²) in [6.07, 6.45) is 2.35. The Bertz CT molecular complexity index is 406. The van der Waals surface area contributed by atoms with Crippen LogP contribution in [0.3, 0.4) is 0 Å². The Morgan fingerprint density at radius 1 is 1.25 bits per heavy atom. The van der Waals surface area contributed by atoms with Crippen LogP contribution in [0.25, 0.3) is 0 Å². The molecule has 2 nitrogen and oxygen atoms in total. The van der Waals surface area contributed by atoms with Gasteiger partial charge in [0.2, 0.25) is 0 Å². The first-order chi connectivity index (χ1) is 7.68. The third-order valence-corrected chi connectivity index (χ3v) is 3.06. The molecular formula is C14H16O2. The fourth-order valence-corrected chi connectivity index (χ4v) is 1.96. The van der Waals surface area contributed by atoms with Crippen molar-refractivity contribution in [3.8, 4) is 0 Å². The zero-order chi connectivity index (χ0) is 11.5. The highest BCUT2D eigenvalue weighted by molar-refractivity contribution is 5.97. The number of ketones is 1. The SMILES string of the molecule is CC1=CO[C@H](Cc2ccccc2)[C@@H](C)C1=O. The van der Waals surface area contributed by atoms with E-state index in [2.05, 4.69) is 12.1 Å². The summed E-state index contributed by atoms with van der Waals surface area (Å²) in [6, 6.07) is 10.1. The minimum absolute atomic E-state index is 0.0291. The van der Waals surface area contributed by atoms with Crippen molar-refractivity contribution in [2.75, 3.05) is 0 Å². The second-order valence-electron chi connectivity index (χ2n) is 4.32. The Morgan fingerprint density at radius 3 is 2.62 bits per heavy atom. The fourth-order valence-electron chi connectivity index (χ4n) is 1.96. The van der Waals surface area contributed by atoms with Gasteiger partial charge in [0.05, 0.1) is 12.2 Å². The minimum atomic E-state index is -0.0507. The summed E-state index contributed by atoms with van der Waals surface area (Å²) in [6.45, 7) is 3.74. The molecule has 0 fully saturated rings. The van der Waals surface area contributed by atoms with Crippen LogP contribution in [-0.4, -0.2) is 11.9 Å². The Morgan fingerprint density at radius 2 is 1.94 bits per heavy atom. The van der Waals surface area contributed by atoms with Crippen LogP contribution in [0.15, 0.2) is 42.2 Å². The van der Waals surface area contributed by atoms with Gasteiger partial charge in [-0.3, -0.25) is 4.79 Å². The summed E-state index contributed by atoms with van der Waals surface area (Å²) in [5.41, 5.74) is 1.93. The lowest BCUT2D eigenvalue weighted by Crippen LogP contribution is -2.33. The molecule has 0 N–H and O–H groups in total. The summed E-state index contributed by atoms with van der Waals surface area (Å²) in [5.74, 6) is 0.150. The maximum atomic E-state index is 11.8. The van der Waals surface area contributed by atoms with Gasteiger partial charge in [0.1, 0.15) is 6.10 Å². The molecule has 0 bridgehead atoms. The van der Waals surface area contributed by atoms with Gasteiger partial charge in [-0.1, -0.05) is 37.3 Å². The summed E-state index contributed by atoms with van der Waals surface area (Å²) in [5, 5.41) is 0. The van der Waals surface area contributed by atoms with E-state index >= 15 is 0 Å². The van der Waals surface area contributed by atoms with Gasteiger partial charge >= 0.3 is 0 Å². The lowest BCUT2D eigenvalue weighted by molar-refractivity contribution is -0.124. The predicted octanol–water partition coefficient (Wildman–Crippen LogP) is 2.74. The zero-order valence-corrected chi connectivity index (χ0v) is 9.64. The maximum Gasteiger partial charge on any atom is 0.168 e. The molecule has 1 heterocycles. The van der Waals surface area contributed by atoms with Crippen molar-refractivity contribution >= 4 is 5.78 Å². The first-order valence-electron chi connectivity index (χ1n) is 5.59. The molecule has 0 amide bonds. The van der Waals surface area contributed by atoms with Crippen molar-refractivity contribution in [3.63, 3.8) is 0 Å². The Balaban J connectivity index is 2.10. The topological polar surface area (TPSA) is 26.3 Å². The molecule has 1 aromatic carbocycles. The summed E-state index contributed by atoms with van der Waals surface area (Å²) in [4.78, 5) is 11.8. The van der Waals surface area contributed by atoms with E-state index in [0.29, 0.717) is 0 Å². The molecule has 0 spiro atoms. The lowest BCUT2D eigenvalue weighted by atomic mass is 9.89. The quantitative estimate of drug-likeness (QED) is 0.759. The molecule has 1 aliphatic rings. The number of allylic oxidation sites excluding steroid dienone is 1. The van der Waals surface area contributed by atoms with Crippen LogP contribution in [0.2, 0.25) is 0 Å². The molecule has 2 heteroatoms. The maximum absolute atomic E-state index is 11.8. The number of ether oxygens (including phenoxy) is 1. The van der Waals surface area contributed by atoms with E-state index in [4.69, 9.17) is 4.74 Å². The summed E-state index contributed by atoms with van der Waals surface area (Å²) in [7, 11) is 0. The molecule has 0 saturated carbocycles. The number of rotatable bonds is 2. The minimum Gasteiger partial charge on any atom is -0.497 e. The summed E-state index contributed by atoms with van der Waals surface area (Å²) >= 11 is 0. The summed E-state index contributed by atoms with van der Waals surface area (Å²) < 4.78 is 5.59. The monoisotopic (exact) mass is 216 g/mol. The number of benzene rings is 1. The Kier molecular flexibility index (Phi) is 3.09. The molecular weight excluding hydrogens is 200 g/mol. The fraction of sp³-hybridized carbons (Fsp3) is 0.357. The third kappa shape index (κ3) is 2.16. The van der Waals surface area contributed by atoms with Gasteiger partial charge < -0.3 is 4.74 Å². The van der Waals surface area contributed by atoms with Crippen molar-refractivity contribution in [3.05, 3.63) is 47.7 Å². The molecule has 0 aliphatic carbocycles. The number of hydrogen-bond donors (Lipinski definition) is 0. The van der Waals surface area contributed by atoms with E-state index in [9.17, 15) is 4.79 Å². The number of carbonyl (C=O) groups is 1. The third-order valence-electron chi connectivity index (χ3n) is 3.06. The van der Waals surface area contributed by atoms with Crippen molar-refractivity contribution in [1.82, 2.24) is 0 Å². The van der Waals surface area contributed by atoms with E-state index in [1.54, 1.807) is 13.2 Å². The van der Waals surface area contributed by atoms with Crippen molar-refractivity contribution in [2.45, 2.75) is 26.4 Å². The highest BCUT2D eigenvalue weighted by Crippen LogP contribution is 2.23. The predicted molar refractivity (Wildman–Crippen MR) is 62.9 cm³/mol. The first kappa shape index (κ1) is 10.9. The van der Waals surface area contributed by atoms with Crippen LogP contribution >= 0.6 is 0 Å². The van der Waals surface area contributed by atoms with Gasteiger partial charge in [-0.05, 0) is 12.5 Å². The average molecular weight is 216 g/mol. The second-order valence-corrected chi connectivity index (χ2v) is 4.32. The zero-order valence-electron chi connectivity index (χ0n) is 9.64. The molecule has 0 aromatic heterocycles. The van der Waals surface area contributed by atoms with Crippen LogP contribution in [0.1, 0.15) is 19.4 Å². The molecule has 16 heavy (non-hydrogen) atoms. The van der Waals surface area contributed by atoms with E-state index < -0.39 is 0 Å². The Hall–Kier alpha value is -1.57. The molecule has 0 unspecified atom stereocenters. The standard InChI is InChI=1S/C14H16O2/c1-10-9-16-13(11(2)14(10)15)8-12-6-4-3-5-7-12/h3-7,9,11,13H,8H2,1-2H3/t11-,13-/m1/s1. The van der Waals surface area contributed by atoms with Crippen LogP contribution in [-0.2, 0) is 16.0 Å². The van der Waals surface area contributed by atoms with Crippen LogP contribution in [0.4, 0.5) is 0 Å². The highest BCUT2D eigenvalue weighted by atomic mass is 16.5. The van der Waals surface area contributed by atoms with Crippen LogP contribution in [0, 0.1) is 5.92 Å². The van der Waals surface area contributed by atoms with E-state index in [1.807, 2.05) is 25.1 Å². The number of hydrogen-bond acceptors (Lipinski definition) is 2.